The van der Waals surface area contributed by atoms with Crippen LogP contribution in [0.25, 0.3) is 11.3 Å². The molecule has 1 amide bonds. The number of benzene rings is 1. The van der Waals surface area contributed by atoms with Crippen molar-refractivity contribution in [2.75, 3.05) is 6.54 Å². The molecule has 23 heavy (non-hydrogen) atoms. The number of alkyl halides is 3. The second-order valence-corrected chi connectivity index (χ2v) is 5.19. The minimum Gasteiger partial charge on any atom is -0.385 e. The van der Waals surface area contributed by atoms with Crippen molar-refractivity contribution >= 4 is 17.5 Å². The molecule has 2 aromatic rings. The molecule has 1 aromatic carbocycles. The molecule has 0 aliphatic rings. The summed E-state index contributed by atoms with van der Waals surface area (Å²) in [6.45, 7) is -0.191. The third-order valence-corrected chi connectivity index (χ3v) is 3.14. The largest absolute Gasteiger partial charge is 0.405 e. The standard InChI is InChI=1S/C14H12ClF3N2O3/c1-7(21)12-10(13(22)19-6-14(16,17)18)11(20-23-12)8-2-4-9(15)5-3-8/h2-5,7,21H,6H2,1H3,(H,19,22). The van der Waals surface area contributed by atoms with Gasteiger partial charge in [0.05, 0.1) is 0 Å². The second-order valence-electron chi connectivity index (χ2n) is 4.75. The van der Waals surface area contributed by atoms with Crippen LogP contribution in [0.15, 0.2) is 28.8 Å². The van der Waals surface area contributed by atoms with Crippen LogP contribution in [0.2, 0.25) is 5.02 Å². The van der Waals surface area contributed by atoms with Gasteiger partial charge in [-0.2, -0.15) is 13.2 Å². The van der Waals surface area contributed by atoms with Gasteiger partial charge in [0.1, 0.15) is 23.9 Å². The quantitative estimate of drug-likeness (QED) is 0.888. The number of amides is 1. The first-order valence-electron chi connectivity index (χ1n) is 6.47. The Morgan fingerprint density at radius 1 is 1.39 bits per heavy atom. The number of aromatic nitrogens is 1. The van der Waals surface area contributed by atoms with E-state index in [1.54, 1.807) is 5.32 Å². The van der Waals surface area contributed by atoms with E-state index < -0.39 is 24.7 Å². The fourth-order valence-electron chi connectivity index (χ4n) is 1.88. The van der Waals surface area contributed by atoms with E-state index in [2.05, 4.69) is 5.16 Å². The Morgan fingerprint density at radius 2 is 2.00 bits per heavy atom. The summed E-state index contributed by atoms with van der Waals surface area (Å²) < 4.78 is 41.7. The zero-order valence-corrected chi connectivity index (χ0v) is 12.6. The van der Waals surface area contributed by atoms with Crippen LogP contribution in [-0.2, 0) is 0 Å². The van der Waals surface area contributed by atoms with E-state index in [-0.39, 0.29) is 17.0 Å². The smallest absolute Gasteiger partial charge is 0.385 e. The first-order chi connectivity index (χ1) is 10.7. The van der Waals surface area contributed by atoms with Crippen molar-refractivity contribution in [3.05, 3.63) is 40.6 Å². The van der Waals surface area contributed by atoms with Gasteiger partial charge in [0.15, 0.2) is 5.76 Å². The number of aliphatic hydroxyl groups excluding tert-OH is 1. The third-order valence-electron chi connectivity index (χ3n) is 2.89. The first-order valence-corrected chi connectivity index (χ1v) is 6.85. The van der Waals surface area contributed by atoms with Gasteiger partial charge >= 0.3 is 6.18 Å². The average molecular weight is 349 g/mol. The van der Waals surface area contributed by atoms with Crippen LogP contribution >= 0.6 is 11.6 Å². The Balaban J connectivity index is 2.41. The molecule has 0 bridgehead atoms. The van der Waals surface area contributed by atoms with E-state index in [9.17, 15) is 23.1 Å². The molecule has 0 fully saturated rings. The lowest BCUT2D eigenvalue weighted by Gasteiger charge is -2.10. The summed E-state index contributed by atoms with van der Waals surface area (Å²) in [6, 6.07) is 6.13. The zero-order chi connectivity index (χ0) is 17.2. The molecule has 5 nitrogen and oxygen atoms in total. The lowest BCUT2D eigenvalue weighted by Crippen LogP contribution is -2.34. The Hall–Kier alpha value is -2.06. The van der Waals surface area contributed by atoms with Gasteiger partial charge < -0.3 is 14.9 Å². The molecule has 1 unspecified atom stereocenters. The van der Waals surface area contributed by atoms with Gasteiger partial charge in [-0.1, -0.05) is 28.9 Å². The number of aliphatic hydroxyl groups is 1. The number of hydrogen-bond donors (Lipinski definition) is 2. The SMILES string of the molecule is CC(O)c1onc(-c2ccc(Cl)cc2)c1C(=O)NCC(F)(F)F. The first kappa shape index (κ1) is 17.3. The number of carbonyl (C=O) groups excluding carboxylic acids is 1. The monoisotopic (exact) mass is 348 g/mol. The molecule has 2 N–H and O–H groups in total. The summed E-state index contributed by atoms with van der Waals surface area (Å²) in [5.74, 6) is -1.25. The number of hydrogen-bond acceptors (Lipinski definition) is 4. The van der Waals surface area contributed by atoms with Crippen LogP contribution < -0.4 is 5.32 Å². The lowest BCUT2D eigenvalue weighted by atomic mass is 10.0. The molecular weight excluding hydrogens is 337 g/mol. The van der Waals surface area contributed by atoms with Gasteiger partial charge in [-0.25, -0.2) is 0 Å². The van der Waals surface area contributed by atoms with Crippen LogP contribution in [0.3, 0.4) is 0 Å². The third kappa shape index (κ3) is 4.23. The summed E-state index contributed by atoms with van der Waals surface area (Å²) in [7, 11) is 0. The normalized spacial score (nSPS) is 13.0. The second kappa shape index (κ2) is 6.59. The van der Waals surface area contributed by atoms with E-state index in [0.29, 0.717) is 10.6 Å². The molecular formula is C14H12ClF3N2O3. The topological polar surface area (TPSA) is 75.4 Å². The van der Waals surface area contributed by atoms with E-state index in [1.165, 1.54) is 31.2 Å². The maximum absolute atomic E-state index is 12.3. The zero-order valence-electron chi connectivity index (χ0n) is 11.8. The van der Waals surface area contributed by atoms with Crippen LogP contribution in [0, 0.1) is 0 Å². The molecule has 2 rings (SSSR count). The summed E-state index contributed by atoms with van der Waals surface area (Å²) in [5, 5.41) is 15.5. The molecule has 0 aliphatic heterocycles. The number of rotatable bonds is 4. The van der Waals surface area contributed by atoms with Gasteiger partial charge in [-0.15, -0.1) is 0 Å². The molecule has 9 heteroatoms. The highest BCUT2D eigenvalue weighted by Gasteiger charge is 2.31. The van der Waals surface area contributed by atoms with Gasteiger partial charge in [0.2, 0.25) is 0 Å². The average Bonchev–Trinajstić information content (AvgIpc) is 2.90. The van der Waals surface area contributed by atoms with Crippen LogP contribution in [0.4, 0.5) is 13.2 Å². The highest BCUT2D eigenvalue weighted by atomic mass is 35.5. The molecule has 0 radical (unpaired) electrons. The van der Waals surface area contributed by atoms with E-state index >= 15 is 0 Å². The van der Waals surface area contributed by atoms with Gasteiger partial charge in [0.25, 0.3) is 5.91 Å². The van der Waals surface area contributed by atoms with Crippen LogP contribution in [0.5, 0.6) is 0 Å². The van der Waals surface area contributed by atoms with Crippen LogP contribution in [-0.4, -0.2) is 28.9 Å². The Labute approximate surface area is 134 Å². The molecule has 0 spiro atoms. The number of nitrogens with one attached hydrogen (secondary N) is 1. The molecule has 1 aromatic heterocycles. The highest BCUT2D eigenvalue weighted by Crippen LogP contribution is 2.30. The van der Waals surface area contributed by atoms with Crippen LogP contribution in [0.1, 0.15) is 29.1 Å². The van der Waals surface area contributed by atoms with E-state index in [1.807, 2.05) is 0 Å². The summed E-state index contributed by atoms with van der Waals surface area (Å²) >= 11 is 5.77. The Morgan fingerprint density at radius 3 is 2.52 bits per heavy atom. The van der Waals surface area contributed by atoms with Crippen molar-refractivity contribution in [1.29, 1.82) is 0 Å². The van der Waals surface area contributed by atoms with E-state index in [4.69, 9.17) is 16.1 Å². The summed E-state index contributed by atoms with van der Waals surface area (Å²) in [6.07, 6.45) is -5.77. The highest BCUT2D eigenvalue weighted by molar-refractivity contribution is 6.30. The maximum atomic E-state index is 12.3. The van der Waals surface area contributed by atoms with E-state index in [0.717, 1.165) is 0 Å². The fourth-order valence-corrected chi connectivity index (χ4v) is 2.01. The summed E-state index contributed by atoms with van der Waals surface area (Å²) in [4.78, 5) is 12.1. The van der Waals surface area contributed by atoms with Gasteiger partial charge in [-0.3, -0.25) is 4.79 Å². The number of halogens is 4. The van der Waals surface area contributed by atoms with Gasteiger partial charge in [0, 0.05) is 10.6 Å². The molecule has 0 saturated heterocycles. The molecule has 124 valence electrons. The van der Waals surface area contributed by atoms with Crippen molar-refractivity contribution < 1.29 is 27.6 Å². The lowest BCUT2D eigenvalue weighted by molar-refractivity contribution is -0.123. The fraction of sp³-hybridized carbons (Fsp3) is 0.286. The Kier molecular flexibility index (Phi) is 4.96. The van der Waals surface area contributed by atoms with Crippen molar-refractivity contribution in [2.24, 2.45) is 0 Å². The van der Waals surface area contributed by atoms with Crippen molar-refractivity contribution in [3.63, 3.8) is 0 Å². The van der Waals surface area contributed by atoms with Crippen molar-refractivity contribution in [2.45, 2.75) is 19.2 Å². The molecule has 1 heterocycles. The summed E-state index contributed by atoms with van der Waals surface area (Å²) in [5.41, 5.74) is 0.200. The number of carbonyl (C=O) groups is 1. The minimum absolute atomic E-state index is 0.0252. The predicted molar refractivity (Wildman–Crippen MR) is 76.0 cm³/mol. The van der Waals surface area contributed by atoms with Crippen molar-refractivity contribution in [1.82, 2.24) is 10.5 Å². The molecule has 1 atom stereocenters. The van der Waals surface area contributed by atoms with Gasteiger partial charge in [-0.05, 0) is 19.1 Å². The molecule has 0 saturated carbocycles. The minimum atomic E-state index is -4.56. The Bertz CT molecular complexity index is 696. The maximum Gasteiger partial charge on any atom is 0.405 e. The number of nitrogens with zero attached hydrogens (tertiary/aromatic N) is 1. The van der Waals surface area contributed by atoms with Crippen molar-refractivity contribution in [3.8, 4) is 11.3 Å². The predicted octanol–water partition coefficient (Wildman–Crippen LogP) is 3.34. The molecule has 0 aliphatic carbocycles.